The van der Waals surface area contributed by atoms with Gasteiger partial charge >= 0.3 is 5.97 Å². The highest BCUT2D eigenvalue weighted by Gasteiger charge is 2.43. The Morgan fingerprint density at radius 2 is 1.47 bits per heavy atom. The third kappa shape index (κ3) is 8.51. The van der Waals surface area contributed by atoms with Crippen LogP contribution in [0.25, 0.3) is 0 Å². The lowest BCUT2D eigenvalue weighted by atomic mass is 9.75. The van der Waals surface area contributed by atoms with Gasteiger partial charge in [0, 0.05) is 55.5 Å². The molecule has 2 unspecified atom stereocenters. The second kappa shape index (κ2) is 16.9. The summed E-state index contributed by atoms with van der Waals surface area (Å²) in [5.41, 5.74) is 1.72. The maximum atomic E-state index is 13.0. The van der Waals surface area contributed by atoms with Gasteiger partial charge in [0.2, 0.25) is 5.95 Å². The number of aliphatic carboxylic acids is 1. The second-order valence-corrected chi connectivity index (χ2v) is 11.5. The average molecular weight is 595 g/mol. The van der Waals surface area contributed by atoms with E-state index in [9.17, 15) is 20.0 Å². The predicted octanol–water partition coefficient (Wildman–Crippen LogP) is 7.92. The number of fused-ring (bicyclic) bond motifs is 1. The molecular weight excluding hydrogens is 544 g/mol. The Morgan fingerprint density at radius 3 is 1.98 bits per heavy atom. The maximum Gasteiger partial charge on any atom is 0.313 e. The summed E-state index contributed by atoms with van der Waals surface area (Å²) < 4.78 is 0. The van der Waals surface area contributed by atoms with Gasteiger partial charge in [-0.2, -0.15) is 9.97 Å². The van der Waals surface area contributed by atoms with Crippen LogP contribution in [0.4, 0.5) is 23.3 Å². The van der Waals surface area contributed by atoms with Gasteiger partial charge in [-0.15, -0.1) is 0 Å². The van der Waals surface area contributed by atoms with Crippen LogP contribution in [0.15, 0.2) is 29.3 Å². The van der Waals surface area contributed by atoms with Crippen LogP contribution in [-0.2, 0) is 4.79 Å². The average Bonchev–Trinajstić information content (AvgIpc) is 3.00. The van der Waals surface area contributed by atoms with E-state index in [-0.39, 0.29) is 5.69 Å². The van der Waals surface area contributed by atoms with Crippen molar-refractivity contribution in [1.29, 1.82) is 0 Å². The molecule has 1 aromatic carbocycles. The van der Waals surface area contributed by atoms with Crippen molar-refractivity contribution in [2.45, 2.75) is 105 Å². The van der Waals surface area contributed by atoms with Crippen molar-refractivity contribution in [2.75, 3.05) is 36.0 Å². The van der Waals surface area contributed by atoms with Crippen LogP contribution in [0.1, 0.15) is 116 Å². The zero-order valence-electron chi connectivity index (χ0n) is 26.7. The number of anilines is 2. The summed E-state index contributed by atoms with van der Waals surface area (Å²) in [5, 5.41) is 22.4. The number of benzene rings is 1. The quantitative estimate of drug-likeness (QED) is 0.128. The highest BCUT2D eigenvalue weighted by molar-refractivity contribution is 6.06. The Morgan fingerprint density at radius 1 is 0.884 bits per heavy atom. The fraction of sp³-hybridized carbons (Fsp3) is 0.636. The van der Waals surface area contributed by atoms with E-state index in [0.717, 1.165) is 84.0 Å². The van der Waals surface area contributed by atoms with Crippen molar-refractivity contribution in [3.63, 3.8) is 0 Å². The largest absolute Gasteiger partial charge is 0.481 e. The molecule has 0 spiro atoms. The first kappa shape index (κ1) is 33.9. The number of unbranched alkanes of at least 4 members (excludes halogenated alkanes) is 4. The number of aromatic nitrogens is 2. The number of hydrogen-bond donors (Lipinski definition) is 1. The summed E-state index contributed by atoms with van der Waals surface area (Å²) in [5.74, 6) is -0.847. The molecule has 43 heavy (non-hydrogen) atoms. The third-order valence-corrected chi connectivity index (χ3v) is 8.07. The van der Waals surface area contributed by atoms with Crippen LogP contribution in [0, 0.1) is 16.0 Å². The number of nitro benzene ring substituents is 1. The van der Waals surface area contributed by atoms with Crippen LogP contribution >= 0.6 is 0 Å². The van der Waals surface area contributed by atoms with E-state index in [2.05, 4.69) is 37.5 Å². The first-order valence-corrected chi connectivity index (χ1v) is 16.3. The summed E-state index contributed by atoms with van der Waals surface area (Å²) in [7, 11) is 0. The smallest absolute Gasteiger partial charge is 0.313 e. The number of nitro groups is 1. The summed E-state index contributed by atoms with van der Waals surface area (Å²) in [6.07, 6.45) is 9.28. The number of aliphatic imine (C=N–C) groups is 1. The van der Waals surface area contributed by atoms with Crippen LogP contribution in [0.3, 0.4) is 0 Å². The number of nitrogens with zero attached hydrogens (tertiary/aromatic N) is 6. The van der Waals surface area contributed by atoms with Crippen molar-refractivity contribution in [3.8, 4) is 0 Å². The van der Waals surface area contributed by atoms with Crippen LogP contribution < -0.4 is 9.80 Å². The molecule has 1 N–H and O–H groups in total. The number of carboxylic acids is 1. The van der Waals surface area contributed by atoms with Gasteiger partial charge in [0.1, 0.15) is 11.7 Å². The molecule has 0 amide bonds. The Bertz CT molecular complexity index is 1230. The van der Waals surface area contributed by atoms with E-state index >= 15 is 0 Å². The van der Waals surface area contributed by atoms with E-state index in [0.29, 0.717) is 40.8 Å². The zero-order chi connectivity index (χ0) is 31.4. The van der Waals surface area contributed by atoms with Crippen molar-refractivity contribution in [2.24, 2.45) is 10.9 Å². The van der Waals surface area contributed by atoms with E-state index in [1.807, 2.05) is 6.92 Å². The summed E-state index contributed by atoms with van der Waals surface area (Å²) in [6.45, 7) is 13.9. The minimum Gasteiger partial charge on any atom is -0.481 e. The molecule has 0 saturated carbocycles. The first-order chi connectivity index (χ1) is 20.8. The predicted molar refractivity (Wildman–Crippen MR) is 174 cm³/mol. The minimum atomic E-state index is -0.995. The number of carbonyl (C=O) groups is 1. The van der Waals surface area contributed by atoms with E-state index < -0.39 is 22.7 Å². The lowest BCUT2D eigenvalue weighted by Gasteiger charge is -2.36. The molecular formula is C33H50N6O4. The molecule has 0 bridgehead atoms. The van der Waals surface area contributed by atoms with Crippen molar-refractivity contribution >= 4 is 35.0 Å². The molecule has 10 heteroatoms. The molecule has 1 aromatic heterocycles. The van der Waals surface area contributed by atoms with Crippen molar-refractivity contribution in [3.05, 3.63) is 45.5 Å². The second-order valence-electron chi connectivity index (χ2n) is 11.5. The molecule has 0 aliphatic carbocycles. The van der Waals surface area contributed by atoms with Crippen LogP contribution in [0.2, 0.25) is 0 Å². The lowest BCUT2D eigenvalue weighted by Crippen LogP contribution is -2.37. The normalized spacial score (nSPS) is 16.0. The summed E-state index contributed by atoms with van der Waals surface area (Å²) >= 11 is 0. The monoisotopic (exact) mass is 594 g/mol. The molecule has 2 atom stereocenters. The third-order valence-electron chi connectivity index (χ3n) is 8.07. The van der Waals surface area contributed by atoms with Crippen molar-refractivity contribution in [1.82, 2.24) is 9.97 Å². The van der Waals surface area contributed by atoms with Crippen LogP contribution in [-0.4, -0.2) is 57.9 Å². The first-order valence-electron chi connectivity index (χ1n) is 16.3. The van der Waals surface area contributed by atoms with Gasteiger partial charge in [-0.05, 0) is 37.7 Å². The van der Waals surface area contributed by atoms with Gasteiger partial charge < -0.3 is 14.9 Å². The highest BCUT2D eigenvalue weighted by Crippen LogP contribution is 2.47. The lowest BCUT2D eigenvalue weighted by molar-refractivity contribution is -0.384. The molecule has 0 saturated heterocycles. The number of carboxylic acid groups (broad SMARTS) is 1. The molecule has 10 nitrogen and oxygen atoms in total. The number of non-ortho nitro benzene ring substituents is 1. The maximum absolute atomic E-state index is 13.0. The summed E-state index contributed by atoms with van der Waals surface area (Å²) in [6, 6.07) is 6.38. The Labute approximate surface area is 256 Å². The molecule has 0 fully saturated rings. The SMILES string of the molecule is CCCCN(CCCC)c1nc2c(c(N(CCCC)CCCC)n1)C(c1cccc([N+](=O)[O-])c1)C(C(=O)O)C(CCC)=N2. The highest BCUT2D eigenvalue weighted by atomic mass is 16.6. The Hall–Kier alpha value is -3.56. The molecule has 0 radical (unpaired) electrons. The van der Waals surface area contributed by atoms with Gasteiger partial charge in [0.05, 0.1) is 4.92 Å². The van der Waals surface area contributed by atoms with Gasteiger partial charge in [0.25, 0.3) is 5.69 Å². The Balaban J connectivity index is 2.40. The standard InChI is InChI=1S/C33H50N6O4/c1-6-11-19-37(20-12-7-2)31-29-27(24-17-15-18-25(23-24)39(42)43)28(32(40)41)26(16-10-5)34-30(29)35-33(36-31)38(21-13-8-3)22-14-9-4/h15,17-18,23,27-28H,6-14,16,19-22H2,1-5H3,(H,40,41). The molecule has 236 valence electrons. The van der Waals surface area contributed by atoms with E-state index in [1.54, 1.807) is 12.1 Å². The van der Waals surface area contributed by atoms with Crippen LogP contribution in [0.5, 0.6) is 0 Å². The Kier molecular flexibility index (Phi) is 13.3. The van der Waals surface area contributed by atoms with Gasteiger partial charge in [-0.25, -0.2) is 4.99 Å². The fourth-order valence-electron chi connectivity index (χ4n) is 5.72. The van der Waals surface area contributed by atoms with Gasteiger partial charge in [0.15, 0.2) is 5.82 Å². The molecule has 3 rings (SSSR count). The molecule has 2 aromatic rings. The fourth-order valence-corrected chi connectivity index (χ4v) is 5.72. The zero-order valence-corrected chi connectivity index (χ0v) is 26.7. The van der Waals surface area contributed by atoms with E-state index in [4.69, 9.17) is 15.0 Å². The van der Waals surface area contributed by atoms with Crippen molar-refractivity contribution < 1.29 is 14.8 Å². The van der Waals surface area contributed by atoms with Gasteiger partial charge in [-0.1, -0.05) is 78.9 Å². The molecule has 1 aliphatic heterocycles. The molecule has 1 aliphatic rings. The topological polar surface area (TPSA) is 125 Å². The van der Waals surface area contributed by atoms with E-state index in [1.165, 1.54) is 12.1 Å². The summed E-state index contributed by atoms with van der Waals surface area (Å²) in [4.78, 5) is 44.2. The minimum absolute atomic E-state index is 0.0686. The molecule has 2 heterocycles. The van der Waals surface area contributed by atoms with Gasteiger partial charge in [-0.3, -0.25) is 14.9 Å². The number of rotatable bonds is 19. The number of hydrogen-bond acceptors (Lipinski definition) is 8.